The van der Waals surface area contributed by atoms with Gasteiger partial charge in [0, 0.05) is 6.54 Å². The highest BCUT2D eigenvalue weighted by molar-refractivity contribution is 6.01. The molecule has 6 heteroatoms. The second kappa shape index (κ2) is 5.73. The number of nitrogens with zero attached hydrogens (tertiary/aromatic N) is 1. The first kappa shape index (κ1) is 15.3. The zero-order chi connectivity index (χ0) is 15.6. The summed E-state index contributed by atoms with van der Waals surface area (Å²) in [6.07, 6.45) is 1.38. The molecular formula is C15H20N2O4. The summed E-state index contributed by atoms with van der Waals surface area (Å²) >= 11 is 0. The summed E-state index contributed by atoms with van der Waals surface area (Å²) in [4.78, 5) is 25.1. The van der Waals surface area contributed by atoms with E-state index < -0.39 is 11.6 Å². The van der Waals surface area contributed by atoms with Gasteiger partial charge in [-0.2, -0.15) is 0 Å². The number of aliphatic hydroxyl groups is 1. The van der Waals surface area contributed by atoms with E-state index in [0.29, 0.717) is 18.5 Å². The van der Waals surface area contributed by atoms with Crippen LogP contribution in [0.15, 0.2) is 18.2 Å². The molecule has 0 bridgehead atoms. The topological polar surface area (TPSA) is 89.9 Å². The van der Waals surface area contributed by atoms with Crippen LogP contribution in [-0.2, 0) is 0 Å². The summed E-state index contributed by atoms with van der Waals surface area (Å²) in [6, 6.07) is 4.56. The first-order valence-corrected chi connectivity index (χ1v) is 6.91. The predicted molar refractivity (Wildman–Crippen MR) is 78.6 cm³/mol. The predicted octanol–water partition coefficient (Wildman–Crippen LogP) is 2.07. The fourth-order valence-electron chi connectivity index (χ4n) is 2.64. The first-order valence-electron chi connectivity index (χ1n) is 6.91. The number of carboxylic acids is 1. The summed E-state index contributed by atoms with van der Waals surface area (Å²) in [5.41, 5.74) is 0.0657. The van der Waals surface area contributed by atoms with Crippen molar-refractivity contribution in [3.05, 3.63) is 29.3 Å². The molecule has 1 aromatic carbocycles. The standard InChI is InChI=1S/C15H20N2O4/c1-10-5-3-6-11(12(10)13(18)19)16-14(20)17-8-4-7-15(2,21)9-17/h3,5-6,21H,4,7-9H2,1-2H3,(H,16,20)(H,18,19). The number of hydrogen-bond donors (Lipinski definition) is 3. The maximum Gasteiger partial charge on any atom is 0.338 e. The average molecular weight is 292 g/mol. The lowest BCUT2D eigenvalue weighted by molar-refractivity contribution is -0.000647. The highest BCUT2D eigenvalue weighted by Crippen LogP contribution is 2.23. The van der Waals surface area contributed by atoms with Crippen molar-refractivity contribution in [1.29, 1.82) is 0 Å². The van der Waals surface area contributed by atoms with E-state index in [-0.39, 0.29) is 23.8 Å². The van der Waals surface area contributed by atoms with Gasteiger partial charge in [0.25, 0.3) is 0 Å². The van der Waals surface area contributed by atoms with Crippen molar-refractivity contribution in [2.45, 2.75) is 32.3 Å². The Bertz CT molecular complexity index is 569. The van der Waals surface area contributed by atoms with Gasteiger partial charge >= 0.3 is 12.0 Å². The third kappa shape index (κ3) is 3.52. The van der Waals surface area contributed by atoms with Crippen LogP contribution in [0.3, 0.4) is 0 Å². The fourth-order valence-corrected chi connectivity index (χ4v) is 2.64. The van der Waals surface area contributed by atoms with E-state index in [2.05, 4.69) is 5.32 Å². The molecule has 1 atom stereocenters. The number of hydrogen-bond acceptors (Lipinski definition) is 3. The number of carbonyl (C=O) groups is 2. The SMILES string of the molecule is Cc1cccc(NC(=O)N2CCCC(C)(O)C2)c1C(=O)O. The van der Waals surface area contributed by atoms with Gasteiger partial charge in [0.15, 0.2) is 0 Å². The molecule has 2 amide bonds. The Morgan fingerprint density at radius 3 is 2.71 bits per heavy atom. The van der Waals surface area contributed by atoms with Gasteiger partial charge in [0.2, 0.25) is 0 Å². The van der Waals surface area contributed by atoms with E-state index in [9.17, 15) is 19.8 Å². The molecule has 114 valence electrons. The second-order valence-corrected chi connectivity index (χ2v) is 5.75. The van der Waals surface area contributed by atoms with Crippen LogP contribution in [0.1, 0.15) is 35.7 Å². The molecule has 6 nitrogen and oxygen atoms in total. The molecule has 0 saturated carbocycles. The number of carboxylic acid groups (broad SMARTS) is 1. The molecule has 1 aliphatic rings. The van der Waals surface area contributed by atoms with Gasteiger partial charge in [0.1, 0.15) is 0 Å². The molecule has 21 heavy (non-hydrogen) atoms. The molecule has 2 rings (SSSR count). The largest absolute Gasteiger partial charge is 0.478 e. The van der Waals surface area contributed by atoms with Crippen LogP contribution in [0, 0.1) is 6.92 Å². The number of β-amino-alcohol motifs (C(OH)–C–C–N with tert-alkyl or cyclic N) is 1. The number of amides is 2. The van der Waals surface area contributed by atoms with Gasteiger partial charge < -0.3 is 20.4 Å². The normalized spacial score (nSPS) is 22.0. The second-order valence-electron chi connectivity index (χ2n) is 5.75. The Balaban J connectivity index is 2.17. The van der Waals surface area contributed by atoms with Crippen LogP contribution >= 0.6 is 0 Å². The Morgan fingerprint density at radius 1 is 1.38 bits per heavy atom. The molecule has 1 fully saturated rings. The van der Waals surface area contributed by atoms with Crippen LogP contribution in [0.5, 0.6) is 0 Å². The number of benzene rings is 1. The minimum Gasteiger partial charge on any atom is -0.478 e. The van der Waals surface area contributed by atoms with Gasteiger partial charge in [-0.15, -0.1) is 0 Å². The highest BCUT2D eigenvalue weighted by atomic mass is 16.4. The number of anilines is 1. The smallest absolute Gasteiger partial charge is 0.338 e. The van der Waals surface area contributed by atoms with Crippen molar-refractivity contribution in [3.8, 4) is 0 Å². The third-order valence-corrected chi connectivity index (χ3v) is 3.69. The number of aryl methyl sites for hydroxylation is 1. The van der Waals surface area contributed by atoms with E-state index >= 15 is 0 Å². The van der Waals surface area contributed by atoms with E-state index in [0.717, 1.165) is 6.42 Å². The molecule has 1 unspecified atom stereocenters. The van der Waals surface area contributed by atoms with E-state index in [1.54, 1.807) is 32.0 Å². The van der Waals surface area contributed by atoms with Crippen LogP contribution in [-0.4, -0.2) is 45.8 Å². The number of piperidine rings is 1. The van der Waals surface area contributed by atoms with Gasteiger partial charge in [-0.1, -0.05) is 12.1 Å². The molecule has 3 N–H and O–H groups in total. The van der Waals surface area contributed by atoms with Crippen molar-refractivity contribution < 1.29 is 19.8 Å². The molecular weight excluding hydrogens is 272 g/mol. The van der Waals surface area contributed by atoms with Crippen LogP contribution in [0.2, 0.25) is 0 Å². The zero-order valence-electron chi connectivity index (χ0n) is 12.2. The number of rotatable bonds is 2. The van der Waals surface area contributed by atoms with Gasteiger partial charge in [-0.05, 0) is 38.3 Å². The Labute approximate surface area is 123 Å². The number of nitrogens with one attached hydrogen (secondary N) is 1. The minimum atomic E-state index is -1.07. The molecule has 0 aromatic heterocycles. The Morgan fingerprint density at radius 2 is 2.10 bits per heavy atom. The molecule has 0 aliphatic carbocycles. The minimum absolute atomic E-state index is 0.0922. The Hall–Kier alpha value is -2.08. The molecule has 1 aliphatic heterocycles. The first-order chi connectivity index (χ1) is 9.80. The summed E-state index contributed by atoms with van der Waals surface area (Å²) < 4.78 is 0. The monoisotopic (exact) mass is 292 g/mol. The van der Waals surface area contributed by atoms with Crippen molar-refractivity contribution >= 4 is 17.7 Å². The van der Waals surface area contributed by atoms with Crippen molar-refractivity contribution in [3.63, 3.8) is 0 Å². The Kier molecular flexibility index (Phi) is 4.18. The van der Waals surface area contributed by atoms with Gasteiger partial charge in [-0.25, -0.2) is 9.59 Å². The maximum atomic E-state index is 12.3. The number of aromatic carboxylic acids is 1. The molecule has 0 spiro atoms. The average Bonchev–Trinajstić information content (AvgIpc) is 2.37. The van der Waals surface area contributed by atoms with Crippen LogP contribution in [0.4, 0.5) is 10.5 Å². The van der Waals surface area contributed by atoms with Crippen molar-refractivity contribution in [1.82, 2.24) is 4.90 Å². The molecule has 0 radical (unpaired) electrons. The number of carbonyl (C=O) groups excluding carboxylic acids is 1. The lowest BCUT2D eigenvalue weighted by atomic mass is 9.95. The lowest BCUT2D eigenvalue weighted by Crippen LogP contribution is -2.50. The van der Waals surface area contributed by atoms with Crippen molar-refractivity contribution in [2.75, 3.05) is 18.4 Å². The van der Waals surface area contributed by atoms with Crippen LogP contribution < -0.4 is 5.32 Å². The number of likely N-dealkylation sites (tertiary alicyclic amines) is 1. The summed E-state index contributed by atoms with van der Waals surface area (Å²) in [7, 11) is 0. The summed E-state index contributed by atoms with van der Waals surface area (Å²) in [5, 5.41) is 21.9. The summed E-state index contributed by atoms with van der Waals surface area (Å²) in [6.45, 7) is 4.18. The molecule has 1 heterocycles. The van der Waals surface area contributed by atoms with Crippen LogP contribution in [0.25, 0.3) is 0 Å². The van der Waals surface area contributed by atoms with E-state index in [1.807, 2.05) is 0 Å². The molecule has 1 saturated heterocycles. The van der Waals surface area contributed by atoms with E-state index in [1.165, 1.54) is 4.90 Å². The molecule has 1 aromatic rings. The summed E-state index contributed by atoms with van der Waals surface area (Å²) in [5.74, 6) is -1.07. The van der Waals surface area contributed by atoms with E-state index in [4.69, 9.17) is 0 Å². The fraction of sp³-hybridized carbons (Fsp3) is 0.467. The number of urea groups is 1. The van der Waals surface area contributed by atoms with Gasteiger partial charge in [-0.3, -0.25) is 0 Å². The van der Waals surface area contributed by atoms with Gasteiger partial charge in [0.05, 0.1) is 23.4 Å². The zero-order valence-corrected chi connectivity index (χ0v) is 12.2. The van der Waals surface area contributed by atoms with Crippen molar-refractivity contribution in [2.24, 2.45) is 0 Å². The lowest BCUT2D eigenvalue weighted by Gasteiger charge is -2.36. The highest BCUT2D eigenvalue weighted by Gasteiger charge is 2.31. The quantitative estimate of drug-likeness (QED) is 0.778. The third-order valence-electron chi connectivity index (χ3n) is 3.69. The maximum absolute atomic E-state index is 12.3.